The van der Waals surface area contributed by atoms with Gasteiger partial charge in [-0.25, -0.2) is 4.79 Å². The Balaban J connectivity index is 1.27. The van der Waals surface area contributed by atoms with Crippen molar-refractivity contribution < 1.29 is 23.6 Å². The van der Waals surface area contributed by atoms with E-state index >= 15 is 0 Å². The van der Waals surface area contributed by atoms with E-state index < -0.39 is 11.6 Å². The zero-order valence-electron chi connectivity index (χ0n) is 20.4. The van der Waals surface area contributed by atoms with E-state index in [-0.39, 0.29) is 35.7 Å². The highest BCUT2D eigenvalue weighted by Crippen LogP contribution is 2.45. The fourth-order valence-electron chi connectivity index (χ4n) is 5.55. The standard InChI is InChI=1S/C25H36N4O5/c1-4-24(2,3)18-5-10-25(11-6-18)22(32)29(23(33)27-25)15-20(30)26-19-7-12-28(13-8-19)21(31)17-9-14-34-16-17/h9,14,16,18-19H,4-8,10-13,15H2,1-3H3,(H,26,30)(H,27,33). The summed E-state index contributed by atoms with van der Waals surface area (Å²) >= 11 is 0. The normalized spacial score (nSPS) is 26.1. The summed E-state index contributed by atoms with van der Waals surface area (Å²) in [6.07, 6.45) is 8.23. The van der Waals surface area contributed by atoms with Gasteiger partial charge < -0.3 is 20.0 Å². The molecule has 4 rings (SSSR count). The van der Waals surface area contributed by atoms with Crippen LogP contribution in [0.4, 0.5) is 4.79 Å². The molecule has 1 aliphatic carbocycles. The van der Waals surface area contributed by atoms with Crippen LogP contribution in [0.2, 0.25) is 0 Å². The van der Waals surface area contributed by atoms with Crippen molar-refractivity contribution in [2.45, 2.75) is 77.3 Å². The molecule has 34 heavy (non-hydrogen) atoms. The first kappa shape index (κ1) is 24.3. The summed E-state index contributed by atoms with van der Waals surface area (Å²) in [5.41, 5.74) is -0.135. The van der Waals surface area contributed by atoms with E-state index in [2.05, 4.69) is 31.4 Å². The number of nitrogens with one attached hydrogen (secondary N) is 2. The first-order chi connectivity index (χ1) is 16.1. The molecule has 0 aromatic carbocycles. The van der Waals surface area contributed by atoms with Gasteiger partial charge in [-0.3, -0.25) is 19.3 Å². The van der Waals surface area contributed by atoms with Crippen LogP contribution in [0.15, 0.2) is 23.0 Å². The zero-order chi connectivity index (χ0) is 24.5. The molecule has 0 bridgehead atoms. The minimum absolute atomic E-state index is 0.0831. The third-order valence-corrected chi connectivity index (χ3v) is 8.32. The molecule has 186 valence electrons. The van der Waals surface area contributed by atoms with Gasteiger partial charge in [-0.1, -0.05) is 27.2 Å². The van der Waals surface area contributed by atoms with Gasteiger partial charge >= 0.3 is 6.03 Å². The summed E-state index contributed by atoms with van der Waals surface area (Å²) in [6, 6.07) is 1.06. The number of hydrogen-bond donors (Lipinski definition) is 2. The molecule has 0 radical (unpaired) electrons. The molecule has 3 fully saturated rings. The lowest BCUT2D eigenvalue weighted by Crippen LogP contribution is -2.52. The highest BCUT2D eigenvalue weighted by molar-refractivity contribution is 6.09. The van der Waals surface area contributed by atoms with Crippen molar-refractivity contribution in [2.75, 3.05) is 19.6 Å². The molecule has 1 aromatic heterocycles. The van der Waals surface area contributed by atoms with E-state index in [4.69, 9.17) is 4.42 Å². The Kier molecular flexibility index (Phi) is 6.73. The average molecular weight is 473 g/mol. The summed E-state index contributed by atoms with van der Waals surface area (Å²) in [7, 11) is 0. The number of likely N-dealkylation sites (tertiary alicyclic amines) is 1. The van der Waals surface area contributed by atoms with Crippen LogP contribution in [-0.4, -0.2) is 64.8 Å². The molecule has 9 nitrogen and oxygen atoms in total. The van der Waals surface area contributed by atoms with Gasteiger partial charge in [0.15, 0.2) is 0 Å². The topological polar surface area (TPSA) is 112 Å². The van der Waals surface area contributed by atoms with Crippen LogP contribution < -0.4 is 10.6 Å². The predicted octanol–water partition coefficient (Wildman–Crippen LogP) is 2.92. The lowest BCUT2D eigenvalue weighted by atomic mass is 9.65. The lowest BCUT2D eigenvalue weighted by molar-refractivity contribution is -0.136. The maximum atomic E-state index is 13.2. The molecule has 3 heterocycles. The molecule has 1 spiro atoms. The first-order valence-electron chi connectivity index (χ1n) is 12.4. The van der Waals surface area contributed by atoms with E-state index in [1.807, 2.05) is 0 Å². The summed E-state index contributed by atoms with van der Waals surface area (Å²) in [5, 5.41) is 5.84. The molecule has 2 aliphatic heterocycles. The van der Waals surface area contributed by atoms with Crippen molar-refractivity contribution in [3.05, 3.63) is 24.2 Å². The van der Waals surface area contributed by atoms with Crippen molar-refractivity contribution in [3.8, 4) is 0 Å². The van der Waals surface area contributed by atoms with Gasteiger partial charge in [0.2, 0.25) is 5.91 Å². The number of carbonyl (C=O) groups is 4. The van der Waals surface area contributed by atoms with E-state index in [0.29, 0.717) is 50.3 Å². The highest BCUT2D eigenvalue weighted by atomic mass is 16.3. The minimum Gasteiger partial charge on any atom is -0.472 e. The molecule has 5 amide bonds. The van der Waals surface area contributed by atoms with Gasteiger partial charge in [-0.05, 0) is 55.9 Å². The SMILES string of the molecule is CCC(C)(C)C1CCC2(CC1)NC(=O)N(CC(=O)NC1CCN(C(=O)c3ccoc3)CC1)C2=O. The summed E-state index contributed by atoms with van der Waals surface area (Å²) in [4.78, 5) is 53.7. The number of nitrogens with zero attached hydrogens (tertiary/aromatic N) is 2. The Bertz CT molecular complexity index is 925. The molecule has 2 saturated heterocycles. The van der Waals surface area contributed by atoms with Crippen LogP contribution in [-0.2, 0) is 9.59 Å². The highest BCUT2D eigenvalue weighted by Gasteiger charge is 2.53. The molecule has 0 unspecified atom stereocenters. The van der Waals surface area contributed by atoms with Gasteiger partial charge in [-0.2, -0.15) is 0 Å². The fraction of sp³-hybridized carbons (Fsp3) is 0.680. The van der Waals surface area contributed by atoms with Crippen LogP contribution in [0.3, 0.4) is 0 Å². The lowest BCUT2D eigenvalue weighted by Gasteiger charge is -2.42. The third-order valence-electron chi connectivity index (χ3n) is 8.32. The fourth-order valence-corrected chi connectivity index (χ4v) is 5.55. The second kappa shape index (κ2) is 9.43. The average Bonchev–Trinajstić information content (AvgIpc) is 3.43. The second-order valence-electron chi connectivity index (χ2n) is 10.7. The van der Waals surface area contributed by atoms with Crippen molar-refractivity contribution in [1.82, 2.24) is 20.4 Å². The number of rotatable bonds is 6. The summed E-state index contributed by atoms with van der Waals surface area (Å²) < 4.78 is 4.98. The quantitative estimate of drug-likeness (QED) is 0.619. The van der Waals surface area contributed by atoms with E-state index in [9.17, 15) is 19.2 Å². The molecular formula is C25H36N4O5. The molecular weight excluding hydrogens is 436 g/mol. The first-order valence-corrected chi connectivity index (χ1v) is 12.4. The Labute approximate surface area is 200 Å². The smallest absolute Gasteiger partial charge is 0.325 e. The summed E-state index contributed by atoms with van der Waals surface area (Å²) in [6.45, 7) is 7.49. The Morgan fingerprint density at radius 1 is 1.18 bits per heavy atom. The largest absolute Gasteiger partial charge is 0.472 e. The second-order valence-corrected chi connectivity index (χ2v) is 10.7. The van der Waals surface area contributed by atoms with Crippen LogP contribution in [0.5, 0.6) is 0 Å². The molecule has 0 atom stereocenters. The number of piperidine rings is 1. The van der Waals surface area contributed by atoms with Crippen LogP contribution >= 0.6 is 0 Å². The number of hydrogen-bond acceptors (Lipinski definition) is 5. The summed E-state index contributed by atoms with van der Waals surface area (Å²) in [5.74, 6) is -0.182. The maximum absolute atomic E-state index is 13.2. The predicted molar refractivity (Wildman–Crippen MR) is 125 cm³/mol. The van der Waals surface area contributed by atoms with Crippen molar-refractivity contribution in [1.29, 1.82) is 0 Å². The van der Waals surface area contributed by atoms with Gasteiger partial charge in [-0.15, -0.1) is 0 Å². The Hall–Kier alpha value is -2.84. The van der Waals surface area contributed by atoms with Crippen molar-refractivity contribution in [3.63, 3.8) is 0 Å². The van der Waals surface area contributed by atoms with E-state index in [0.717, 1.165) is 24.2 Å². The number of furan rings is 1. The van der Waals surface area contributed by atoms with Crippen LogP contribution in [0.25, 0.3) is 0 Å². The molecule has 1 saturated carbocycles. The van der Waals surface area contributed by atoms with Crippen LogP contribution in [0, 0.1) is 11.3 Å². The Morgan fingerprint density at radius 2 is 1.85 bits per heavy atom. The zero-order valence-corrected chi connectivity index (χ0v) is 20.4. The molecule has 3 aliphatic rings. The Morgan fingerprint density at radius 3 is 2.44 bits per heavy atom. The van der Waals surface area contributed by atoms with Gasteiger partial charge in [0.25, 0.3) is 11.8 Å². The number of carbonyl (C=O) groups excluding carboxylic acids is 4. The minimum atomic E-state index is -0.865. The van der Waals surface area contributed by atoms with Crippen LogP contribution in [0.1, 0.15) is 76.1 Å². The number of imide groups is 1. The van der Waals surface area contributed by atoms with Gasteiger partial charge in [0, 0.05) is 19.1 Å². The molecule has 9 heteroatoms. The molecule has 1 aromatic rings. The van der Waals surface area contributed by atoms with Crippen molar-refractivity contribution in [2.24, 2.45) is 11.3 Å². The van der Waals surface area contributed by atoms with Gasteiger partial charge in [0.05, 0.1) is 11.8 Å². The third kappa shape index (κ3) is 4.70. The maximum Gasteiger partial charge on any atom is 0.325 e. The van der Waals surface area contributed by atoms with Crippen molar-refractivity contribution >= 4 is 23.8 Å². The monoisotopic (exact) mass is 472 g/mol. The van der Waals surface area contributed by atoms with E-state index in [1.54, 1.807) is 11.0 Å². The number of urea groups is 1. The van der Waals surface area contributed by atoms with E-state index in [1.165, 1.54) is 12.5 Å². The molecule has 2 N–H and O–H groups in total. The van der Waals surface area contributed by atoms with Gasteiger partial charge in [0.1, 0.15) is 18.3 Å². The number of amides is 5.